The first-order valence-corrected chi connectivity index (χ1v) is 5.12. The van der Waals surface area contributed by atoms with Gasteiger partial charge in [-0.1, -0.05) is 0 Å². The summed E-state index contributed by atoms with van der Waals surface area (Å²) in [5, 5.41) is 10.2. The van der Waals surface area contributed by atoms with Crippen LogP contribution in [0.4, 0.5) is 0 Å². The predicted octanol–water partition coefficient (Wildman–Crippen LogP) is 1.74. The van der Waals surface area contributed by atoms with E-state index in [1.807, 2.05) is 0 Å². The first-order chi connectivity index (χ1) is 6.12. The zero-order valence-electron chi connectivity index (χ0n) is 7.16. The summed E-state index contributed by atoms with van der Waals surface area (Å²) >= 11 is 3.34. The van der Waals surface area contributed by atoms with Crippen molar-refractivity contribution in [2.45, 2.75) is 30.9 Å². The largest absolute Gasteiger partial charge is 0.465 e. The quantitative estimate of drug-likeness (QED) is 0.793. The average Bonchev–Trinajstić information content (AvgIpc) is 2.59. The van der Waals surface area contributed by atoms with Crippen LogP contribution >= 0.6 is 15.9 Å². The minimum absolute atomic E-state index is 0.0852. The molecule has 0 saturated heterocycles. The third-order valence-electron chi connectivity index (χ3n) is 2.57. The first-order valence-electron chi connectivity index (χ1n) is 4.33. The van der Waals surface area contributed by atoms with Gasteiger partial charge in [0.05, 0.1) is 10.7 Å². The average molecular weight is 246 g/mol. The van der Waals surface area contributed by atoms with Crippen LogP contribution in [0.2, 0.25) is 0 Å². The van der Waals surface area contributed by atoms with E-state index in [9.17, 15) is 5.11 Å². The highest BCUT2D eigenvalue weighted by Crippen LogP contribution is 2.41. The molecule has 1 aromatic rings. The van der Waals surface area contributed by atoms with Gasteiger partial charge in [0.1, 0.15) is 11.4 Å². The Morgan fingerprint density at radius 3 is 2.92 bits per heavy atom. The summed E-state index contributed by atoms with van der Waals surface area (Å²) in [6, 6.07) is 1.87. The summed E-state index contributed by atoms with van der Waals surface area (Å²) < 4.78 is 6.07. The van der Waals surface area contributed by atoms with Gasteiger partial charge in [0.15, 0.2) is 0 Å². The number of halogens is 1. The molecule has 72 valence electrons. The van der Waals surface area contributed by atoms with E-state index in [-0.39, 0.29) is 6.04 Å². The van der Waals surface area contributed by atoms with Crippen LogP contribution in [-0.4, -0.2) is 11.1 Å². The lowest BCUT2D eigenvalue weighted by molar-refractivity contribution is 0.0198. The summed E-state index contributed by atoms with van der Waals surface area (Å²) in [5.41, 5.74) is 4.89. The van der Waals surface area contributed by atoms with Crippen LogP contribution in [0, 0.1) is 0 Å². The van der Waals surface area contributed by atoms with Crippen LogP contribution < -0.4 is 5.73 Å². The third kappa shape index (κ3) is 1.54. The number of hydrogen-bond acceptors (Lipinski definition) is 3. The Bertz CT molecular complexity index is 312. The van der Waals surface area contributed by atoms with Crippen LogP contribution in [0.3, 0.4) is 0 Å². The summed E-state index contributed by atoms with van der Waals surface area (Å²) in [6.07, 6.45) is 3.68. The zero-order chi connectivity index (χ0) is 9.47. The van der Waals surface area contributed by atoms with Crippen molar-refractivity contribution < 1.29 is 9.52 Å². The Morgan fingerprint density at radius 1 is 1.69 bits per heavy atom. The number of furan rings is 1. The molecule has 1 heterocycles. The van der Waals surface area contributed by atoms with Crippen LogP contribution in [-0.2, 0) is 5.60 Å². The fourth-order valence-electron chi connectivity index (χ4n) is 1.89. The second-order valence-corrected chi connectivity index (χ2v) is 4.49. The highest BCUT2D eigenvalue weighted by Gasteiger charge is 2.41. The Morgan fingerprint density at radius 2 is 2.46 bits per heavy atom. The molecule has 0 radical (unpaired) electrons. The minimum atomic E-state index is -0.859. The molecule has 1 aliphatic rings. The summed E-state index contributed by atoms with van der Waals surface area (Å²) in [5.74, 6) is 0.612. The standard InChI is InChI=1S/C9H12BrNO2/c10-7-2-4-13-8(7)9(12)3-1-6(11)5-9/h2,4,6,12H,1,3,5,11H2. The fraction of sp³-hybridized carbons (Fsp3) is 0.556. The summed E-state index contributed by atoms with van der Waals surface area (Å²) in [4.78, 5) is 0. The second kappa shape index (κ2) is 3.12. The molecule has 4 heteroatoms. The van der Waals surface area contributed by atoms with Gasteiger partial charge in [-0.05, 0) is 41.3 Å². The molecule has 1 saturated carbocycles. The van der Waals surface area contributed by atoms with E-state index < -0.39 is 5.60 Å². The molecule has 3 N–H and O–H groups in total. The van der Waals surface area contributed by atoms with Gasteiger partial charge in [0, 0.05) is 6.04 Å². The lowest BCUT2D eigenvalue weighted by atomic mass is 9.99. The molecule has 0 bridgehead atoms. The predicted molar refractivity (Wildman–Crippen MR) is 52.1 cm³/mol. The highest BCUT2D eigenvalue weighted by molar-refractivity contribution is 9.10. The lowest BCUT2D eigenvalue weighted by Gasteiger charge is -2.19. The van der Waals surface area contributed by atoms with Gasteiger partial charge >= 0.3 is 0 Å². The van der Waals surface area contributed by atoms with Crippen molar-refractivity contribution in [3.05, 3.63) is 22.6 Å². The topological polar surface area (TPSA) is 59.4 Å². The van der Waals surface area contributed by atoms with Crippen molar-refractivity contribution in [3.8, 4) is 0 Å². The van der Waals surface area contributed by atoms with Crippen LogP contribution in [0.25, 0.3) is 0 Å². The molecule has 1 aromatic heterocycles. The molecule has 2 rings (SSSR count). The van der Waals surface area contributed by atoms with Crippen LogP contribution in [0.5, 0.6) is 0 Å². The minimum Gasteiger partial charge on any atom is -0.465 e. The highest BCUT2D eigenvalue weighted by atomic mass is 79.9. The Hall–Kier alpha value is -0.320. The normalized spacial score (nSPS) is 33.9. The molecule has 1 aliphatic carbocycles. The van der Waals surface area contributed by atoms with Gasteiger partial charge in [0.2, 0.25) is 0 Å². The molecule has 1 fully saturated rings. The number of rotatable bonds is 1. The van der Waals surface area contributed by atoms with Crippen molar-refractivity contribution in [2.24, 2.45) is 5.73 Å². The van der Waals surface area contributed by atoms with E-state index in [1.54, 1.807) is 12.3 Å². The van der Waals surface area contributed by atoms with Gasteiger partial charge in [-0.15, -0.1) is 0 Å². The van der Waals surface area contributed by atoms with Gasteiger partial charge in [-0.25, -0.2) is 0 Å². The number of aliphatic hydroxyl groups is 1. The zero-order valence-corrected chi connectivity index (χ0v) is 8.75. The lowest BCUT2D eigenvalue weighted by Crippen LogP contribution is -2.25. The molecule has 0 spiro atoms. The van der Waals surface area contributed by atoms with E-state index in [0.717, 1.165) is 10.9 Å². The fourth-order valence-corrected chi connectivity index (χ4v) is 2.46. The van der Waals surface area contributed by atoms with E-state index in [2.05, 4.69) is 15.9 Å². The van der Waals surface area contributed by atoms with Crippen molar-refractivity contribution >= 4 is 15.9 Å². The number of hydrogen-bond donors (Lipinski definition) is 2. The molecule has 0 aliphatic heterocycles. The van der Waals surface area contributed by atoms with E-state index >= 15 is 0 Å². The Balaban J connectivity index is 2.30. The third-order valence-corrected chi connectivity index (χ3v) is 3.19. The van der Waals surface area contributed by atoms with Crippen LogP contribution in [0.1, 0.15) is 25.0 Å². The SMILES string of the molecule is NC1CCC(O)(c2occc2Br)C1. The molecule has 13 heavy (non-hydrogen) atoms. The maximum atomic E-state index is 10.2. The summed E-state index contributed by atoms with van der Waals surface area (Å²) in [6.45, 7) is 0. The molecule has 2 atom stereocenters. The monoisotopic (exact) mass is 245 g/mol. The van der Waals surface area contributed by atoms with E-state index in [1.165, 1.54) is 0 Å². The van der Waals surface area contributed by atoms with Crippen molar-refractivity contribution in [2.75, 3.05) is 0 Å². The molecule has 0 aromatic carbocycles. The smallest absolute Gasteiger partial charge is 0.149 e. The molecule has 3 nitrogen and oxygen atoms in total. The van der Waals surface area contributed by atoms with E-state index in [0.29, 0.717) is 18.6 Å². The molecule has 2 unspecified atom stereocenters. The molecular formula is C9H12BrNO2. The Kier molecular flexibility index (Phi) is 2.21. The van der Waals surface area contributed by atoms with Crippen LogP contribution in [0.15, 0.2) is 21.2 Å². The van der Waals surface area contributed by atoms with Crippen molar-refractivity contribution in [1.82, 2.24) is 0 Å². The second-order valence-electron chi connectivity index (χ2n) is 3.63. The van der Waals surface area contributed by atoms with Crippen molar-refractivity contribution in [3.63, 3.8) is 0 Å². The number of nitrogens with two attached hydrogens (primary N) is 1. The van der Waals surface area contributed by atoms with Gasteiger partial charge < -0.3 is 15.3 Å². The van der Waals surface area contributed by atoms with Gasteiger partial charge in [-0.2, -0.15) is 0 Å². The summed E-state index contributed by atoms with van der Waals surface area (Å²) in [7, 11) is 0. The maximum Gasteiger partial charge on any atom is 0.149 e. The molecule has 0 amide bonds. The molecular weight excluding hydrogens is 234 g/mol. The van der Waals surface area contributed by atoms with Gasteiger partial charge in [-0.3, -0.25) is 0 Å². The van der Waals surface area contributed by atoms with Gasteiger partial charge in [0.25, 0.3) is 0 Å². The first kappa shape index (κ1) is 9.24. The van der Waals surface area contributed by atoms with Crippen molar-refractivity contribution in [1.29, 1.82) is 0 Å². The maximum absolute atomic E-state index is 10.2. The van der Waals surface area contributed by atoms with E-state index in [4.69, 9.17) is 10.2 Å². The Labute approximate surface area is 85.0 Å².